The van der Waals surface area contributed by atoms with E-state index in [4.69, 9.17) is 22.1 Å². The number of hydrogen-bond acceptors (Lipinski definition) is 4. The lowest BCUT2D eigenvalue weighted by atomic mass is 10.2. The fourth-order valence-corrected chi connectivity index (χ4v) is 1.89. The molecule has 4 N–H and O–H groups in total. The van der Waals surface area contributed by atoms with E-state index < -0.39 is 5.91 Å². The van der Waals surface area contributed by atoms with Crippen LogP contribution in [0.15, 0.2) is 36.4 Å². The van der Waals surface area contributed by atoms with Crippen LogP contribution in [0.1, 0.15) is 10.4 Å². The highest BCUT2D eigenvalue weighted by Gasteiger charge is 2.13. The van der Waals surface area contributed by atoms with Crippen LogP contribution < -0.4 is 15.8 Å². The van der Waals surface area contributed by atoms with Gasteiger partial charge in [0.15, 0.2) is 0 Å². The molecule has 1 amide bonds. The van der Waals surface area contributed by atoms with Gasteiger partial charge in [0, 0.05) is 11.8 Å². The summed E-state index contributed by atoms with van der Waals surface area (Å²) in [5.41, 5.74) is 6.80. The molecule has 0 heterocycles. The number of benzene rings is 2. The second-order valence-electron chi connectivity index (χ2n) is 4.08. The first-order valence-corrected chi connectivity index (χ1v) is 6.12. The van der Waals surface area contributed by atoms with E-state index in [1.807, 2.05) is 0 Å². The Morgan fingerprint density at radius 2 is 2.05 bits per heavy atom. The molecule has 0 aromatic heterocycles. The van der Waals surface area contributed by atoms with E-state index in [9.17, 15) is 9.90 Å². The minimum Gasteiger partial charge on any atom is -0.508 e. The molecule has 0 saturated heterocycles. The van der Waals surface area contributed by atoms with Gasteiger partial charge in [0.1, 0.15) is 11.5 Å². The Labute approximate surface area is 120 Å². The predicted octanol–water partition coefficient (Wildman–Crippen LogP) is 2.89. The second-order valence-corrected chi connectivity index (χ2v) is 4.49. The van der Waals surface area contributed by atoms with Gasteiger partial charge in [-0.1, -0.05) is 11.6 Å². The number of amides is 1. The summed E-state index contributed by atoms with van der Waals surface area (Å²) in [5, 5.41) is 12.3. The first kappa shape index (κ1) is 14.0. The molecular formula is C14H13ClN2O3. The summed E-state index contributed by atoms with van der Waals surface area (Å²) >= 11 is 5.93. The van der Waals surface area contributed by atoms with Crippen LogP contribution in [-0.2, 0) is 0 Å². The molecule has 5 nitrogen and oxygen atoms in total. The average molecular weight is 293 g/mol. The lowest BCUT2D eigenvalue weighted by Gasteiger charge is -2.11. The van der Waals surface area contributed by atoms with Crippen LogP contribution in [0.2, 0.25) is 5.02 Å². The number of hydrogen-bond donors (Lipinski definition) is 3. The van der Waals surface area contributed by atoms with Crippen molar-refractivity contribution in [1.82, 2.24) is 0 Å². The SMILES string of the molecule is COc1cc(N)ccc1NC(=O)c1cc(O)ccc1Cl. The zero-order valence-electron chi connectivity index (χ0n) is 10.7. The van der Waals surface area contributed by atoms with Crippen molar-refractivity contribution < 1.29 is 14.6 Å². The van der Waals surface area contributed by atoms with Gasteiger partial charge in [-0.05, 0) is 30.3 Å². The molecule has 104 valence electrons. The van der Waals surface area contributed by atoms with Crippen molar-refractivity contribution in [3.8, 4) is 11.5 Å². The standard InChI is InChI=1S/C14H13ClN2O3/c1-20-13-6-8(16)2-5-12(13)17-14(19)10-7-9(18)3-4-11(10)15/h2-7,18H,16H2,1H3,(H,17,19). The Balaban J connectivity index is 2.30. The highest BCUT2D eigenvalue weighted by molar-refractivity contribution is 6.34. The Hall–Kier alpha value is -2.40. The zero-order valence-corrected chi connectivity index (χ0v) is 11.4. The molecule has 20 heavy (non-hydrogen) atoms. The number of nitrogens with two attached hydrogens (primary N) is 1. The fourth-order valence-electron chi connectivity index (χ4n) is 1.69. The maximum absolute atomic E-state index is 12.1. The van der Waals surface area contributed by atoms with Gasteiger partial charge in [0.25, 0.3) is 5.91 Å². The summed E-state index contributed by atoms with van der Waals surface area (Å²) in [5.74, 6) is -0.0487. The Morgan fingerprint density at radius 1 is 1.30 bits per heavy atom. The number of halogens is 1. The summed E-state index contributed by atoms with van der Waals surface area (Å²) in [4.78, 5) is 12.1. The van der Waals surface area contributed by atoms with E-state index >= 15 is 0 Å². The zero-order chi connectivity index (χ0) is 14.7. The monoisotopic (exact) mass is 292 g/mol. The van der Waals surface area contributed by atoms with Crippen molar-refractivity contribution >= 4 is 28.9 Å². The molecule has 0 atom stereocenters. The third-order valence-corrected chi connectivity index (χ3v) is 3.00. The first-order valence-electron chi connectivity index (χ1n) is 5.74. The number of nitrogen functional groups attached to an aromatic ring is 1. The van der Waals surface area contributed by atoms with E-state index in [-0.39, 0.29) is 16.3 Å². The number of methoxy groups -OCH3 is 1. The molecule has 0 aliphatic heterocycles. The molecule has 0 bridgehead atoms. The number of carbonyl (C=O) groups excluding carboxylic acids is 1. The molecule has 0 saturated carbocycles. The number of rotatable bonds is 3. The maximum atomic E-state index is 12.1. The minimum atomic E-state index is -0.450. The summed E-state index contributed by atoms with van der Waals surface area (Å²) in [6.45, 7) is 0. The highest BCUT2D eigenvalue weighted by atomic mass is 35.5. The number of nitrogens with one attached hydrogen (secondary N) is 1. The van der Waals surface area contributed by atoms with Crippen molar-refractivity contribution in [1.29, 1.82) is 0 Å². The Morgan fingerprint density at radius 3 is 2.75 bits per heavy atom. The lowest BCUT2D eigenvalue weighted by molar-refractivity contribution is 0.102. The molecule has 0 aliphatic carbocycles. The summed E-state index contributed by atoms with van der Waals surface area (Å²) in [6, 6.07) is 9.01. The number of phenols is 1. The van der Waals surface area contributed by atoms with Crippen LogP contribution in [0.4, 0.5) is 11.4 Å². The van der Waals surface area contributed by atoms with Gasteiger partial charge >= 0.3 is 0 Å². The summed E-state index contributed by atoms with van der Waals surface area (Å²) in [6.07, 6.45) is 0. The van der Waals surface area contributed by atoms with Crippen molar-refractivity contribution in [3.05, 3.63) is 47.0 Å². The van der Waals surface area contributed by atoms with Crippen molar-refractivity contribution in [2.24, 2.45) is 0 Å². The van der Waals surface area contributed by atoms with Gasteiger partial charge in [-0.25, -0.2) is 0 Å². The number of phenolic OH excluding ortho intramolecular Hbond substituents is 1. The predicted molar refractivity (Wildman–Crippen MR) is 78.5 cm³/mol. The highest BCUT2D eigenvalue weighted by Crippen LogP contribution is 2.28. The smallest absolute Gasteiger partial charge is 0.257 e. The fraction of sp³-hybridized carbons (Fsp3) is 0.0714. The third kappa shape index (κ3) is 2.95. The molecule has 0 radical (unpaired) electrons. The van der Waals surface area contributed by atoms with E-state index in [2.05, 4.69) is 5.32 Å². The van der Waals surface area contributed by atoms with Crippen LogP contribution >= 0.6 is 11.6 Å². The quantitative estimate of drug-likeness (QED) is 0.759. The van der Waals surface area contributed by atoms with E-state index in [0.717, 1.165) is 0 Å². The van der Waals surface area contributed by atoms with Crippen molar-refractivity contribution in [3.63, 3.8) is 0 Å². The number of ether oxygens (including phenoxy) is 1. The van der Waals surface area contributed by atoms with Gasteiger partial charge in [-0.2, -0.15) is 0 Å². The van der Waals surface area contributed by atoms with E-state index in [1.54, 1.807) is 18.2 Å². The maximum Gasteiger partial charge on any atom is 0.257 e. The first-order chi connectivity index (χ1) is 9.51. The van der Waals surface area contributed by atoms with E-state index in [1.165, 1.54) is 25.3 Å². The largest absolute Gasteiger partial charge is 0.508 e. The Kier molecular flexibility index (Phi) is 4.00. The lowest BCUT2D eigenvalue weighted by Crippen LogP contribution is -2.13. The summed E-state index contributed by atoms with van der Waals surface area (Å²) in [7, 11) is 1.48. The normalized spacial score (nSPS) is 10.1. The molecule has 0 aliphatic rings. The molecule has 0 fully saturated rings. The van der Waals surface area contributed by atoms with Gasteiger partial charge in [0.2, 0.25) is 0 Å². The average Bonchev–Trinajstić information content (AvgIpc) is 2.43. The summed E-state index contributed by atoms with van der Waals surface area (Å²) < 4.78 is 5.14. The molecule has 0 spiro atoms. The van der Waals surface area contributed by atoms with Crippen LogP contribution in [0, 0.1) is 0 Å². The van der Waals surface area contributed by atoms with Crippen LogP contribution in [-0.4, -0.2) is 18.1 Å². The van der Waals surface area contributed by atoms with Gasteiger partial charge < -0.3 is 20.9 Å². The Bertz CT molecular complexity index is 659. The second kappa shape index (κ2) is 5.71. The van der Waals surface area contributed by atoms with E-state index in [0.29, 0.717) is 17.1 Å². The van der Waals surface area contributed by atoms with Crippen LogP contribution in [0.25, 0.3) is 0 Å². The van der Waals surface area contributed by atoms with Gasteiger partial charge in [0.05, 0.1) is 23.4 Å². The molecule has 6 heteroatoms. The number of carbonyl (C=O) groups is 1. The topological polar surface area (TPSA) is 84.6 Å². The van der Waals surface area contributed by atoms with Gasteiger partial charge in [-0.3, -0.25) is 4.79 Å². The molecular weight excluding hydrogens is 280 g/mol. The molecule has 2 aromatic carbocycles. The van der Waals surface area contributed by atoms with Gasteiger partial charge in [-0.15, -0.1) is 0 Å². The minimum absolute atomic E-state index is 0.0381. The molecule has 0 unspecified atom stereocenters. The van der Waals surface area contributed by atoms with Crippen LogP contribution in [0.5, 0.6) is 11.5 Å². The molecule has 2 rings (SSSR count). The number of aromatic hydroxyl groups is 1. The van der Waals surface area contributed by atoms with Crippen LogP contribution in [0.3, 0.4) is 0 Å². The van der Waals surface area contributed by atoms with Crippen molar-refractivity contribution in [2.75, 3.05) is 18.2 Å². The number of anilines is 2. The molecule has 2 aromatic rings. The third-order valence-electron chi connectivity index (χ3n) is 2.67. The van der Waals surface area contributed by atoms with Crippen molar-refractivity contribution in [2.45, 2.75) is 0 Å².